The Morgan fingerprint density at radius 2 is 1.50 bits per heavy atom. The number of carbonyl (C=O) groups is 2. The molecule has 40 heavy (non-hydrogen) atoms. The van der Waals surface area contributed by atoms with Gasteiger partial charge >= 0.3 is 0 Å². The standard InChI is InChI=1S/C31H38FN3O4S/c1-22(2)19-33-31(37)28(18-25-14-7-6-8-15-25)34(20-26-16-9-10-17-27(26)32)29(36)21-35(40(5,38)39)30-23(3)12-11-13-24(30)4/h6-17,22,28H,18-21H2,1-5H3,(H,33,37)/t28-/m1/s1. The summed E-state index contributed by atoms with van der Waals surface area (Å²) in [6, 6.07) is 19.7. The molecule has 0 saturated heterocycles. The fraction of sp³-hybridized carbons (Fsp3) is 0.355. The summed E-state index contributed by atoms with van der Waals surface area (Å²) in [5.74, 6) is -1.35. The minimum absolute atomic E-state index is 0.168. The van der Waals surface area contributed by atoms with Gasteiger partial charge in [-0.05, 0) is 42.5 Å². The summed E-state index contributed by atoms with van der Waals surface area (Å²) in [5.41, 5.74) is 2.83. The van der Waals surface area contributed by atoms with Crippen molar-refractivity contribution in [2.45, 2.75) is 46.7 Å². The third kappa shape index (κ3) is 8.14. The van der Waals surface area contributed by atoms with Crippen molar-refractivity contribution in [3.63, 3.8) is 0 Å². The number of halogens is 1. The van der Waals surface area contributed by atoms with Gasteiger partial charge in [-0.3, -0.25) is 13.9 Å². The monoisotopic (exact) mass is 567 g/mol. The number of nitrogens with one attached hydrogen (secondary N) is 1. The molecule has 0 aromatic heterocycles. The Morgan fingerprint density at radius 1 is 0.900 bits per heavy atom. The van der Waals surface area contributed by atoms with Gasteiger partial charge in [-0.15, -0.1) is 0 Å². The van der Waals surface area contributed by atoms with Gasteiger partial charge in [-0.2, -0.15) is 0 Å². The van der Waals surface area contributed by atoms with Gasteiger partial charge in [-0.25, -0.2) is 12.8 Å². The molecule has 0 saturated carbocycles. The van der Waals surface area contributed by atoms with Crippen LogP contribution in [-0.2, 0) is 32.6 Å². The van der Waals surface area contributed by atoms with Gasteiger partial charge in [0.2, 0.25) is 21.8 Å². The van der Waals surface area contributed by atoms with Gasteiger partial charge in [0.25, 0.3) is 0 Å². The van der Waals surface area contributed by atoms with Crippen LogP contribution in [0.25, 0.3) is 0 Å². The second kappa shape index (κ2) is 13.6. The van der Waals surface area contributed by atoms with Crippen molar-refractivity contribution in [2.75, 3.05) is 23.7 Å². The molecule has 0 fully saturated rings. The number of nitrogens with zero attached hydrogens (tertiary/aromatic N) is 2. The average molecular weight is 568 g/mol. The number of hydrogen-bond acceptors (Lipinski definition) is 4. The predicted molar refractivity (Wildman–Crippen MR) is 157 cm³/mol. The molecule has 3 aromatic rings. The van der Waals surface area contributed by atoms with Crippen LogP contribution >= 0.6 is 0 Å². The van der Waals surface area contributed by atoms with E-state index in [0.717, 1.165) is 16.1 Å². The van der Waals surface area contributed by atoms with E-state index >= 15 is 0 Å². The van der Waals surface area contributed by atoms with Gasteiger partial charge in [0.05, 0.1) is 11.9 Å². The molecule has 1 atom stereocenters. The van der Waals surface area contributed by atoms with E-state index < -0.39 is 34.3 Å². The van der Waals surface area contributed by atoms with Gasteiger partial charge in [-0.1, -0.05) is 80.6 Å². The van der Waals surface area contributed by atoms with Crippen LogP contribution in [0.5, 0.6) is 0 Å². The average Bonchev–Trinajstić information content (AvgIpc) is 2.89. The first-order valence-electron chi connectivity index (χ1n) is 13.3. The second-order valence-electron chi connectivity index (χ2n) is 10.5. The number of sulfonamides is 1. The molecule has 0 bridgehead atoms. The molecule has 9 heteroatoms. The highest BCUT2D eigenvalue weighted by atomic mass is 32.2. The van der Waals surface area contributed by atoms with E-state index in [-0.39, 0.29) is 30.4 Å². The molecule has 0 spiro atoms. The third-order valence-corrected chi connectivity index (χ3v) is 7.73. The summed E-state index contributed by atoms with van der Waals surface area (Å²) >= 11 is 0. The molecule has 0 aliphatic rings. The zero-order valence-electron chi connectivity index (χ0n) is 23.7. The SMILES string of the molecule is Cc1cccc(C)c1N(CC(=O)N(Cc1ccccc1F)[C@H](Cc1ccccc1)C(=O)NCC(C)C)S(C)(=O)=O. The number of rotatable bonds is 12. The summed E-state index contributed by atoms with van der Waals surface area (Å²) in [5, 5.41) is 2.91. The molecule has 1 N–H and O–H groups in total. The summed E-state index contributed by atoms with van der Waals surface area (Å²) in [6.45, 7) is 7.12. The highest BCUT2D eigenvalue weighted by Gasteiger charge is 2.34. The maximum absolute atomic E-state index is 14.8. The summed E-state index contributed by atoms with van der Waals surface area (Å²) < 4.78 is 41.9. The van der Waals surface area contributed by atoms with Crippen LogP contribution in [-0.4, -0.2) is 50.5 Å². The molecule has 0 aliphatic heterocycles. The minimum atomic E-state index is -3.89. The van der Waals surface area contributed by atoms with E-state index in [4.69, 9.17) is 0 Å². The van der Waals surface area contributed by atoms with Crippen molar-refractivity contribution >= 4 is 27.5 Å². The van der Waals surface area contributed by atoms with Crippen LogP contribution in [0.2, 0.25) is 0 Å². The summed E-state index contributed by atoms with van der Waals surface area (Å²) in [7, 11) is -3.89. The molecule has 0 radical (unpaired) electrons. The Bertz CT molecular complexity index is 1410. The fourth-order valence-electron chi connectivity index (χ4n) is 4.56. The van der Waals surface area contributed by atoms with Crippen molar-refractivity contribution in [3.05, 3.63) is 101 Å². The maximum atomic E-state index is 14.8. The summed E-state index contributed by atoms with van der Waals surface area (Å²) in [4.78, 5) is 29.0. The van der Waals surface area contributed by atoms with E-state index in [1.165, 1.54) is 11.0 Å². The van der Waals surface area contributed by atoms with Crippen LogP contribution in [0, 0.1) is 25.6 Å². The third-order valence-electron chi connectivity index (χ3n) is 6.62. The minimum Gasteiger partial charge on any atom is -0.354 e. The van der Waals surface area contributed by atoms with Crippen molar-refractivity contribution in [1.29, 1.82) is 0 Å². The quantitative estimate of drug-likeness (QED) is 0.346. The molecule has 7 nitrogen and oxygen atoms in total. The Morgan fingerprint density at radius 3 is 2.08 bits per heavy atom. The highest BCUT2D eigenvalue weighted by molar-refractivity contribution is 7.92. The first-order valence-corrected chi connectivity index (χ1v) is 15.1. The van der Waals surface area contributed by atoms with Crippen molar-refractivity contribution in [3.8, 4) is 0 Å². The topological polar surface area (TPSA) is 86.8 Å². The highest BCUT2D eigenvalue weighted by Crippen LogP contribution is 2.27. The largest absolute Gasteiger partial charge is 0.354 e. The lowest BCUT2D eigenvalue weighted by Gasteiger charge is -2.34. The van der Waals surface area contributed by atoms with Crippen LogP contribution in [0.3, 0.4) is 0 Å². The van der Waals surface area contributed by atoms with E-state index in [2.05, 4.69) is 5.32 Å². The van der Waals surface area contributed by atoms with Crippen molar-refractivity contribution in [1.82, 2.24) is 10.2 Å². The van der Waals surface area contributed by atoms with E-state index in [1.807, 2.05) is 50.2 Å². The molecule has 0 unspecified atom stereocenters. The molecule has 2 amide bonds. The molecule has 214 valence electrons. The van der Waals surface area contributed by atoms with Crippen LogP contribution in [0.15, 0.2) is 72.8 Å². The number of anilines is 1. The number of hydrogen-bond donors (Lipinski definition) is 1. The molecular weight excluding hydrogens is 529 g/mol. The molecular formula is C31H38FN3O4S. The van der Waals surface area contributed by atoms with Crippen LogP contribution < -0.4 is 9.62 Å². The molecule has 3 rings (SSSR count). The molecule has 0 aliphatic carbocycles. The Hall–Kier alpha value is -3.72. The normalized spacial score (nSPS) is 12.2. The zero-order chi connectivity index (χ0) is 29.4. The van der Waals surface area contributed by atoms with Gasteiger partial charge < -0.3 is 10.2 Å². The Kier molecular flexibility index (Phi) is 10.5. The summed E-state index contributed by atoms with van der Waals surface area (Å²) in [6.07, 6.45) is 1.22. The molecule has 3 aromatic carbocycles. The lowest BCUT2D eigenvalue weighted by molar-refractivity contribution is -0.140. The van der Waals surface area contributed by atoms with Crippen LogP contribution in [0.1, 0.15) is 36.1 Å². The smallest absolute Gasteiger partial charge is 0.244 e. The van der Waals surface area contributed by atoms with Gasteiger partial charge in [0.1, 0.15) is 18.4 Å². The van der Waals surface area contributed by atoms with Gasteiger partial charge in [0, 0.05) is 25.1 Å². The number of para-hydroxylation sites is 1. The Balaban J connectivity index is 2.09. The zero-order valence-corrected chi connectivity index (χ0v) is 24.5. The lowest BCUT2D eigenvalue weighted by atomic mass is 10.0. The van der Waals surface area contributed by atoms with Crippen molar-refractivity contribution < 1.29 is 22.4 Å². The number of amides is 2. The second-order valence-corrected chi connectivity index (χ2v) is 12.4. The van der Waals surface area contributed by atoms with Crippen molar-refractivity contribution in [2.24, 2.45) is 5.92 Å². The van der Waals surface area contributed by atoms with Crippen LogP contribution in [0.4, 0.5) is 10.1 Å². The number of benzene rings is 3. The maximum Gasteiger partial charge on any atom is 0.244 e. The van der Waals surface area contributed by atoms with E-state index in [0.29, 0.717) is 23.4 Å². The Labute approximate surface area is 237 Å². The number of carbonyl (C=O) groups excluding carboxylic acids is 2. The van der Waals surface area contributed by atoms with E-state index in [1.54, 1.807) is 44.2 Å². The number of aryl methyl sites for hydroxylation is 2. The predicted octanol–water partition coefficient (Wildman–Crippen LogP) is 4.62. The first kappa shape index (κ1) is 30.8. The van der Waals surface area contributed by atoms with Gasteiger partial charge in [0.15, 0.2) is 0 Å². The lowest BCUT2D eigenvalue weighted by Crippen LogP contribution is -2.54. The first-order chi connectivity index (χ1) is 18.9. The molecule has 0 heterocycles. The fourth-order valence-corrected chi connectivity index (χ4v) is 5.53. The van der Waals surface area contributed by atoms with E-state index in [9.17, 15) is 22.4 Å².